The molecule has 0 aliphatic carbocycles. The summed E-state index contributed by atoms with van der Waals surface area (Å²) in [4.78, 5) is 2.42. The molecule has 2 N–H and O–H groups in total. The van der Waals surface area contributed by atoms with Crippen LogP contribution in [0.3, 0.4) is 0 Å². The smallest absolute Gasteiger partial charge is 0.123 e. The Kier molecular flexibility index (Phi) is 4.36. The molecule has 100 valence electrons. The maximum atomic E-state index is 13.3. The van der Waals surface area contributed by atoms with E-state index < -0.39 is 0 Å². The third kappa shape index (κ3) is 3.09. The Hall–Kier alpha value is -0.930. The Morgan fingerprint density at radius 3 is 2.83 bits per heavy atom. The van der Waals surface area contributed by atoms with Crippen molar-refractivity contribution in [2.24, 2.45) is 11.7 Å². The van der Waals surface area contributed by atoms with E-state index >= 15 is 0 Å². The highest BCUT2D eigenvalue weighted by Crippen LogP contribution is 2.27. The van der Waals surface area contributed by atoms with Crippen LogP contribution >= 0.6 is 0 Å². The second-order valence-electron chi connectivity index (χ2n) is 5.49. The summed E-state index contributed by atoms with van der Waals surface area (Å²) in [6, 6.07) is 7.43. The topological polar surface area (TPSA) is 29.3 Å². The maximum Gasteiger partial charge on any atom is 0.123 e. The zero-order chi connectivity index (χ0) is 13.1. The van der Waals surface area contributed by atoms with E-state index in [9.17, 15) is 4.39 Å². The predicted molar refractivity (Wildman–Crippen MR) is 72.8 cm³/mol. The Labute approximate surface area is 109 Å². The first-order chi connectivity index (χ1) is 8.58. The molecule has 1 aromatic carbocycles. The van der Waals surface area contributed by atoms with Crippen molar-refractivity contribution in [2.45, 2.75) is 38.8 Å². The Morgan fingerprint density at radius 1 is 1.39 bits per heavy atom. The van der Waals surface area contributed by atoms with Crippen LogP contribution in [-0.2, 0) is 0 Å². The molecule has 1 saturated heterocycles. The number of rotatable bonds is 3. The summed E-state index contributed by atoms with van der Waals surface area (Å²) < 4.78 is 13.3. The van der Waals surface area contributed by atoms with Crippen molar-refractivity contribution in [3.8, 4) is 0 Å². The molecule has 1 aliphatic heterocycles. The average Bonchev–Trinajstić information content (AvgIpc) is 2.38. The molecule has 2 nitrogen and oxygen atoms in total. The third-order valence-corrected chi connectivity index (χ3v) is 4.11. The second kappa shape index (κ2) is 5.81. The van der Waals surface area contributed by atoms with Gasteiger partial charge in [0.25, 0.3) is 0 Å². The highest BCUT2D eigenvalue weighted by molar-refractivity contribution is 5.19. The van der Waals surface area contributed by atoms with Gasteiger partial charge in [-0.3, -0.25) is 4.90 Å². The van der Waals surface area contributed by atoms with Crippen molar-refractivity contribution in [1.82, 2.24) is 4.90 Å². The molecule has 0 radical (unpaired) electrons. The summed E-state index contributed by atoms with van der Waals surface area (Å²) in [6.07, 6.45) is 2.40. The molecule has 3 unspecified atom stereocenters. The van der Waals surface area contributed by atoms with Crippen molar-refractivity contribution in [3.63, 3.8) is 0 Å². The Morgan fingerprint density at radius 2 is 2.17 bits per heavy atom. The van der Waals surface area contributed by atoms with Crippen molar-refractivity contribution in [2.75, 3.05) is 13.1 Å². The first kappa shape index (κ1) is 13.5. The van der Waals surface area contributed by atoms with E-state index in [-0.39, 0.29) is 17.9 Å². The quantitative estimate of drug-likeness (QED) is 0.893. The van der Waals surface area contributed by atoms with E-state index in [0.29, 0.717) is 5.92 Å². The van der Waals surface area contributed by atoms with E-state index in [0.717, 1.165) is 18.7 Å². The van der Waals surface area contributed by atoms with Gasteiger partial charge in [-0.1, -0.05) is 12.1 Å². The lowest BCUT2D eigenvalue weighted by Gasteiger charge is -2.38. The van der Waals surface area contributed by atoms with Crippen LogP contribution in [0.15, 0.2) is 24.3 Å². The lowest BCUT2D eigenvalue weighted by Crippen LogP contribution is -2.43. The standard InChI is InChI=1S/C15H23FN2/c1-11(17)14-6-4-8-18(10-14)12(2)13-5-3-7-15(16)9-13/h3,5,7,9,11-12,14H,4,6,8,10,17H2,1-2H3. The van der Waals surface area contributed by atoms with E-state index in [4.69, 9.17) is 5.73 Å². The van der Waals surface area contributed by atoms with E-state index in [1.165, 1.54) is 18.9 Å². The molecule has 0 amide bonds. The number of nitrogens with two attached hydrogens (primary N) is 1. The Bertz CT molecular complexity index is 392. The summed E-state index contributed by atoms with van der Waals surface area (Å²) in [7, 11) is 0. The minimum atomic E-state index is -0.153. The molecule has 0 bridgehead atoms. The van der Waals surface area contributed by atoms with Gasteiger partial charge >= 0.3 is 0 Å². The van der Waals surface area contributed by atoms with Crippen molar-refractivity contribution in [3.05, 3.63) is 35.6 Å². The van der Waals surface area contributed by atoms with Crippen LogP contribution in [0, 0.1) is 11.7 Å². The van der Waals surface area contributed by atoms with Crippen molar-refractivity contribution >= 4 is 0 Å². The van der Waals surface area contributed by atoms with Gasteiger partial charge in [-0.05, 0) is 56.8 Å². The number of likely N-dealkylation sites (tertiary alicyclic amines) is 1. The van der Waals surface area contributed by atoms with Crippen molar-refractivity contribution in [1.29, 1.82) is 0 Å². The highest BCUT2D eigenvalue weighted by atomic mass is 19.1. The van der Waals surface area contributed by atoms with Gasteiger partial charge in [0.15, 0.2) is 0 Å². The van der Waals surface area contributed by atoms with Crippen LogP contribution in [0.4, 0.5) is 4.39 Å². The summed E-state index contributed by atoms with van der Waals surface area (Å²) in [5.41, 5.74) is 7.06. The molecule has 18 heavy (non-hydrogen) atoms. The summed E-state index contributed by atoms with van der Waals surface area (Å²) in [6.45, 7) is 6.34. The Balaban J connectivity index is 2.06. The van der Waals surface area contributed by atoms with Crippen LogP contribution in [0.2, 0.25) is 0 Å². The molecule has 1 aliphatic rings. The fraction of sp³-hybridized carbons (Fsp3) is 0.600. The minimum Gasteiger partial charge on any atom is -0.328 e. The fourth-order valence-corrected chi connectivity index (χ4v) is 2.80. The van der Waals surface area contributed by atoms with Gasteiger partial charge in [-0.15, -0.1) is 0 Å². The molecule has 3 heteroatoms. The number of hydrogen-bond donors (Lipinski definition) is 1. The summed E-state index contributed by atoms with van der Waals surface area (Å²) in [5, 5.41) is 0. The molecular formula is C15H23FN2. The van der Waals surface area contributed by atoms with Gasteiger partial charge in [0, 0.05) is 18.6 Å². The van der Waals surface area contributed by atoms with Crippen LogP contribution < -0.4 is 5.73 Å². The van der Waals surface area contributed by atoms with E-state index in [1.54, 1.807) is 12.1 Å². The molecular weight excluding hydrogens is 227 g/mol. The van der Waals surface area contributed by atoms with Crippen molar-refractivity contribution < 1.29 is 4.39 Å². The van der Waals surface area contributed by atoms with Gasteiger partial charge in [0.2, 0.25) is 0 Å². The van der Waals surface area contributed by atoms with E-state index in [1.807, 2.05) is 6.07 Å². The van der Waals surface area contributed by atoms with Gasteiger partial charge in [0.1, 0.15) is 5.82 Å². The summed E-state index contributed by atoms with van der Waals surface area (Å²) >= 11 is 0. The van der Waals surface area contributed by atoms with Crippen LogP contribution in [0.25, 0.3) is 0 Å². The number of benzene rings is 1. The predicted octanol–water partition coefficient (Wildman–Crippen LogP) is 2.95. The monoisotopic (exact) mass is 250 g/mol. The fourth-order valence-electron chi connectivity index (χ4n) is 2.80. The van der Waals surface area contributed by atoms with E-state index in [2.05, 4.69) is 18.7 Å². The van der Waals surface area contributed by atoms with Gasteiger partial charge in [-0.25, -0.2) is 4.39 Å². The lowest BCUT2D eigenvalue weighted by atomic mass is 9.90. The minimum absolute atomic E-state index is 0.153. The first-order valence-electron chi connectivity index (χ1n) is 6.83. The maximum absolute atomic E-state index is 13.3. The zero-order valence-corrected chi connectivity index (χ0v) is 11.3. The molecule has 0 aromatic heterocycles. The SMILES string of the molecule is CC(N)C1CCCN(C(C)c2cccc(F)c2)C1. The number of piperidine rings is 1. The molecule has 1 fully saturated rings. The van der Waals surface area contributed by atoms with Crippen LogP contribution in [0.5, 0.6) is 0 Å². The molecule has 0 spiro atoms. The average molecular weight is 250 g/mol. The zero-order valence-electron chi connectivity index (χ0n) is 11.3. The third-order valence-electron chi connectivity index (χ3n) is 4.11. The van der Waals surface area contributed by atoms with Crippen LogP contribution in [-0.4, -0.2) is 24.0 Å². The highest BCUT2D eigenvalue weighted by Gasteiger charge is 2.26. The molecule has 2 rings (SSSR count). The molecule has 1 heterocycles. The van der Waals surface area contributed by atoms with Gasteiger partial charge < -0.3 is 5.73 Å². The molecule has 0 saturated carbocycles. The number of hydrogen-bond acceptors (Lipinski definition) is 2. The van der Waals surface area contributed by atoms with Gasteiger partial charge in [0.05, 0.1) is 0 Å². The van der Waals surface area contributed by atoms with Gasteiger partial charge in [-0.2, -0.15) is 0 Å². The lowest BCUT2D eigenvalue weighted by molar-refractivity contribution is 0.121. The normalized spacial score (nSPS) is 24.8. The summed E-state index contributed by atoms with van der Waals surface area (Å²) in [5.74, 6) is 0.412. The first-order valence-corrected chi connectivity index (χ1v) is 6.83. The van der Waals surface area contributed by atoms with Crippen LogP contribution in [0.1, 0.15) is 38.3 Å². The number of halogens is 1. The largest absolute Gasteiger partial charge is 0.328 e. The number of nitrogens with zero attached hydrogens (tertiary/aromatic N) is 1. The molecule has 1 aromatic rings. The second-order valence-corrected chi connectivity index (χ2v) is 5.49. The molecule has 3 atom stereocenters.